The van der Waals surface area contributed by atoms with Gasteiger partial charge in [-0.3, -0.25) is 24.6 Å². The van der Waals surface area contributed by atoms with E-state index in [1.54, 1.807) is 11.0 Å². The minimum atomic E-state index is -0.599. The first-order chi connectivity index (χ1) is 19.9. The maximum atomic E-state index is 12.9. The fourth-order valence-electron chi connectivity index (χ4n) is 5.79. The molecule has 8 heteroatoms. The van der Waals surface area contributed by atoms with Crippen molar-refractivity contribution in [3.8, 4) is 5.75 Å². The Labute approximate surface area is 241 Å². The Balaban J connectivity index is 0.000000365. The minimum Gasteiger partial charge on any atom is -0.489 e. The normalized spacial score (nSPS) is 21.4. The number of hydrogen-bond acceptors (Lipinski definition) is 6. The van der Waals surface area contributed by atoms with Crippen LogP contribution in [0.25, 0.3) is 0 Å². The number of nitrogens with zero attached hydrogens (tertiary/aromatic N) is 2. The van der Waals surface area contributed by atoms with Gasteiger partial charge < -0.3 is 15.4 Å². The zero-order chi connectivity index (χ0) is 28.8. The van der Waals surface area contributed by atoms with Crippen LogP contribution in [0.15, 0.2) is 78.9 Å². The fraction of sp³-hybridized carbons (Fsp3) is 0.364. The molecule has 0 spiro atoms. The number of benzene rings is 3. The van der Waals surface area contributed by atoms with Crippen LogP contribution in [0.5, 0.6) is 5.75 Å². The Morgan fingerprint density at radius 1 is 0.976 bits per heavy atom. The molecule has 214 valence electrons. The number of imide groups is 1. The SMILES string of the molecule is CC(c1ccccc1)N1CCCC(Oc2ccc3c(c2)CN(C2CCC(=O)NC2=O)C3=O)C1.NCc1ccccc1. The number of carbonyl (C=O) groups excluding carboxylic acids is 3. The van der Waals surface area contributed by atoms with Gasteiger partial charge >= 0.3 is 0 Å². The van der Waals surface area contributed by atoms with E-state index in [2.05, 4.69) is 41.4 Å². The molecule has 6 rings (SSSR count). The summed E-state index contributed by atoms with van der Waals surface area (Å²) >= 11 is 0. The van der Waals surface area contributed by atoms with Crippen LogP contribution in [-0.2, 0) is 22.7 Å². The summed E-state index contributed by atoms with van der Waals surface area (Å²) < 4.78 is 6.35. The van der Waals surface area contributed by atoms with Crippen LogP contribution in [0.1, 0.15) is 65.7 Å². The van der Waals surface area contributed by atoms with E-state index < -0.39 is 11.9 Å². The Morgan fingerprint density at radius 2 is 1.71 bits per heavy atom. The Kier molecular flexibility index (Phi) is 9.11. The topological polar surface area (TPSA) is 105 Å². The van der Waals surface area contributed by atoms with E-state index in [0.29, 0.717) is 31.1 Å². The molecule has 3 aromatic rings. The average Bonchev–Trinajstić information content (AvgIpc) is 3.33. The molecule has 0 aliphatic carbocycles. The molecule has 3 aliphatic heterocycles. The van der Waals surface area contributed by atoms with Crippen molar-refractivity contribution in [2.24, 2.45) is 5.73 Å². The number of amides is 3. The predicted octanol–water partition coefficient (Wildman–Crippen LogP) is 4.20. The lowest BCUT2D eigenvalue weighted by Crippen LogP contribution is -2.52. The van der Waals surface area contributed by atoms with E-state index in [0.717, 1.165) is 37.2 Å². The number of ether oxygens (including phenoxy) is 1. The number of hydrogen-bond donors (Lipinski definition) is 2. The van der Waals surface area contributed by atoms with Gasteiger partial charge in [0.1, 0.15) is 17.9 Å². The maximum Gasteiger partial charge on any atom is 0.255 e. The summed E-state index contributed by atoms with van der Waals surface area (Å²) in [6.45, 7) is 5.15. The summed E-state index contributed by atoms with van der Waals surface area (Å²) in [6, 6.07) is 25.8. The van der Waals surface area contributed by atoms with Gasteiger partial charge in [-0.05, 0) is 67.6 Å². The monoisotopic (exact) mass is 554 g/mol. The third-order valence-corrected chi connectivity index (χ3v) is 8.12. The van der Waals surface area contributed by atoms with Crippen LogP contribution in [0, 0.1) is 0 Å². The van der Waals surface area contributed by atoms with Gasteiger partial charge in [-0.2, -0.15) is 0 Å². The molecule has 3 unspecified atom stereocenters. The fourth-order valence-corrected chi connectivity index (χ4v) is 5.79. The predicted molar refractivity (Wildman–Crippen MR) is 157 cm³/mol. The first-order valence-corrected chi connectivity index (χ1v) is 14.4. The molecule has 2 fully saturated rings. The Morgan fingerprint density at radius 3 is 2.39 bits per heavy atom. The summed E-state index contributed by atoms with van der Waals surface area (Å²) in [5.41, 5.74) is 9.32. The highest BCUT2D eigenvalue weighted by Gasteiger charge is 2.39. The first kappa shape index (κ1) is 28.5. The van der Waals surface area contributed by atoms with Gasteiger partial charge in [0.2, 0.25) is 11.8 Å². The molecule has 0 bridgehead atoms. The summed E-state index contributed by atoms with van der Waals surface area (Å²) in [5.74, 6) is -0.0737. The van der Waals surface area contributed by atoms with E-state index in [-0.39, 0.29) is 24.3 Å². The van der Waals surface area contributed by atoms with Gasteiger partial charge in [0.15, 0.2) is 0 Å². The van der Waals surface area contributed by atoms with Crippen molar-refractivity contribution in [1.82, 2.24) is 15.1 Å². The van der Waals surface area contributed by atoms with Crippen LogP contribution in [-0.4, -0.2) is 52.8 Å². The molecule has 3 heterocycles. The molecular weight excluding hydrogens is 516 g/mol. The summed E-state index contributed by atoms with van der Waals surface area (Å²) in [7, 11) is 0. The van der Waals surface area contributed by atoms with Crippen molar-refractivity contribution in [3.63, 3.8) is 0 Å². The number of likely N-dealkylation sites (tertiary alicyclic amines) is 1. The Hall–Kier alpha value is -4.01. The van der Waals surface area contributed by atoms with Gasteiger partial charge in [0.25, 0.3) is 5.91 Å². The average molecular weight is 555 g/mol. The lowest BCUT2D eigenvalue weighted by molar-refractivity contribution is -0.136. The number of carbonyl (C=O) groups is 3. The molecule has 3 atom stereocenters. The lowest BCUT2D eigenvalue weighted by Gasteiger charge is -2.37. The van der Waals surface area contributed by atoms with E-state index in [1.165, 1.54) is 11.1 Å². The lowest BCUT2D eigenvalue weighted by atomic mass is 10.0. The van der Waals surface area contributed by atoms with Crippen LogP contribution < -0.4 is 15.8 Å². The summed E-state index contributed by atoms with van der Waals surface area (Å²) in [4.78, 5) is 40.6. The highest BCUT2D eigenvalue weighted by Crippen LogP contribution is 2.32. The quantitative estimate of drug-likeness (QED) is 0.443. The summed E-state index contributed by atoms with van der Waals surface area (Å²) in [5, 5.41) is 2.34. The second-order valence-corrected chi connectivity index (χ2v) is 10.9. The van der Waals surface area contributed by atoms with Gasteiger partial charge in [0.05, 0.1) is 0 Å². The summed E-state index contributed by atoms with van der Waals surface area (Å²) in [6.07, 6.45) is 2.78. The smallest absolute Gasteiger partial charge is 0.255 e. The highest BCUT2D eigenvalue weighted by atomic mass is 16.5. The van der Waals surface area contributed by atoms with Crippen LogP contribution in [0.3, 0.4) is 0 Å². The third kappa shape index (κ3) is 6.84. The van der Waals surface area contributed by atoms with E-state index in [4.69, 9.17) is 10.5 Å². The maximum absolute atomic E-state index is 12.9. The molecule has 3 aliphatic rings. The van der Waals surface area contributed by atoms with Gasteiger partial charge in [-0.1, -0.05) is 60.7 Å². The van der Waals surface area contributed by atoms with E-state index >= 15 is 0 Å². The molecule has 3 N–H and O–H groups in total. The largest absolute Gasteiger partial charge is 0.489 e. The van der Waals surface area contributed by atoms with Crippen LogP contribution in [0.2, 0.25) is 0 Å². The van der Waals surface area contributed by atoms with Crippen molar-refractivity contribution in [2.75, 3.05) is 13.1 Å². The zero-order valence-corrected chi connectivity index (χ0v) is 23.5. The standard InChI is InChI=1S/C26H29N3O4.C7H9N/c1-17(18-6-3-2-4-7-18)28-13-5-8-21(16-28)33-20-9-10-22-19(14-20)15-29(26(22)32)23-11-12-24(30)27-25(23)31;8-6-7-4-2-1-3-5-7/h2-4,6-7,9-10,14,17,21,23H,5,8,11-13,15-16H2,1H3,(H,27,30,31);1-5H,6,8H2. The molecule has 41 heavy (non-hydrogen) atoms. The number of rotatable bonds is 6. The minimum absolute atomic E-state index is 0.0892. The molecule has 3 amide bonds. The number of fused-ring (bicyclic) bond motifs is 1. The molecular formula is C33H38N4O4. The molecule has 0 radical (unpaired) electrons. The van der Waals surface area contributed by atoms with Gasteiger partial charge in [0, 0.05) is 37.7 Å². The zero-order valence-electron chi connectivity index (χ0n) is 23.5. The van der Waals surface area contributed by atoms with Gasteiger partial charge in [-0.15, -0.1) is 0 Å². The molecule has 0 saturated carbocycles. The number of nitrogens with two attached hydrogens (primary N) is 1. The third-order valence-electron chi connectivity index (χ3n) is 8.12. The van der Waals surface area contributed by atoms with Crippen molar-refractivity contribution in [1.29, 1.82) is 0 Å². The first-order valence-electron chi connectivity index (χ1n) is 14.4. The van der Waals surface area contributed by atoms with Crippen molar-refractivity contribution < 1.29 is 19.1 Å². The van der Waals surface area contributed by atoms with Crippen molar-refractivity contribution in [3.05, 3.63) is 101 Å². The van der Waals surface area contributed by atoms with E-state index in [9.17, 15) is 14.4 Å². The number of piperidine rings is 2. The molecule has 3 aromatic carbocycles. The van der Waals surface area contributed by atoms with E-state index in [1.807, 2.05) is 48.5 Å². The van der Waals surface area contributed by atoms with Crippen molar-refractivity contribution >= 4 is 17.7 Å². The van der Waals surface area contributed by atoms with Gasteiger partial charge in [-0.25, -0.2) is 0 Å². The van der Waals surface area contributed by atoms with Crippen molar-refractivity contribution in [2.45, 2.75) is 63.9 Å². The Bertz CT molecular complexity index is 1360. The van der Waals surface area contributed by atoms with Crippen LogP contribution in [0.4, 0.5) is 0 Å². The second kappa shape index (κ2) is 13.1. The second-order valence-electron chi connectivity index (χ2n) is 10.9. The highest BCUT2D eigenvalue weighted by molar-refractivity contribution is 6.05. The molecule has 0 aromatic heterocycles. The molecule has 2 saturated heterocycles. The number of nitrogens with one attached hydrogen (secondary N) is 1. The van der Waals surface area contributed by atoms with Crippen LogP contribution >= 0.6 is 0 Å². The molecule has 8 nitrogen and oxygen atoms in total.